The molecule has 130 valence electrons. The molecule has 0 radical (unpaired) electrons. The van der Waals surface area contributed by atoms with Crippen molar-refractivity contribution in [2.24, 2.45) is 11.8 Å². The predicted octanol–water partition coefficient (Wildman–Crippen LogP) is 3.69. The van der Waals surface area contributed by atoms with Crippen LogP contribution in [0.4, 0.5) is 4.79 Å². The molecule has 0 aromatic carbocycles. The number of alkyl halides is 1. The molecule has 0 aliphatic carbocycles. The van der Waals surface area contributed by atoms with E-state index in [1.807, 2.05) is 27.7 Å². The van der Waals surface area contributed by atoms with Crippen molar-refractivity contribution in [3.05, 3.63) is 0 Å². The summed E-state index contributed by atoms with van der Waals surface area (Å²) >= 11 is 5.67. The smallest absolute Gasteiger partial charge is 0.410 e. The first-order valence-electron chi connectivity index (χ1n) is 7.90. The molecule has 0 bridgehead atoms. The van der Waals surface area contributed by atoms with Gasteiger partial charge in [-0.15, -0.1) is 11.6 Å². The van der Waals surface area contributed by atoms with Gasteiger partial charge in [0.1, 0.15) is 12.1 Å². The van der Waals surface area contributed by atoms with Crippen molar-refractivity contribution in [3.63, 3.8) is 0 Å². The molecule has 0 aromatic rings. The van der Waals surface area contributed by atoms with Crippen LogP contribution in [0.5, 0.6) is 0 Å². The molecule has 1 amide bonds. The van der Waals surface area contributed by atoms with Gasteiger partial charge in [0.25, 0.3) is 0 Å². The highest BCUT2D eigenvalue weighted by molar-refractivity contribution is 6.18. The van der Waals surface area contributed by atoms with E-state index in [1.165, 1.54) is 11.9 Å². The quantitative estimate of drug-likeness (QED) is 0.476. The third-order valence-corrected chi connectivity index (χ3v) is 4.08. The maximum atomic E-state index is 12.2. The lowest BCUT2D eigenvalue weighted by Crippen LogP contribution is -2.43. The Labute approximate surface area is 139 Å². The molecule has 6 heteroatoms. The van der Waals surface area contributed by atoms with Gasteiger partial charge in [-0.1, -0.05) is 34.1 Å². The van der Waals surface area contributed by atoms with Crippen LogP contribution in [0.2, 0.25) is 0 Å². The second-order valence-electron chi connectivity index (χ2n) is 6.13. The number of rotatable bonds is 9. The fourth-order valence-corrected chi connectivity index (χ4v) is 1.83. The highest BCUT2D eigenvalue weighted by Gasteiger charge is 2.28. The highest BCUT2D eigenvalue weighted by Crippen LogP contribution is 2.15. The molecule has 3 unspecified atom stereocenters. The average molecular weight is 336 g/mol. The number of halogens is 1. The fourth-order valence-electron chi connectivity index (χ4n) is 1.74. The molecule has 0 saturated carbocycles. The van der Waals surface area contributed by atoms with E-state index in [-0.39, 0.29) is 24.5 Å². The van der Waals surface area contributed by atoms with E-state index in [0.29, 0.717) is 5.88 Å². The number of hydrogen-bond donors (Lipinski definition) is 0. The molecule has 0 aliphatic rings. The first-order chi connectivity index (χ1) is 10.2. The monoisotopic (exact) mass is 335 g/mol. The third kappa shape index (κ3) is 7.34. The lowest BCUT2D eigenvalue weighted by molar-refractivity contribution is -0.156. The van der Waals surface area contributed by atoms with Gasteiger partial charge in [-0.3, -0.25) is 4.90 Å². The lowest BCUT2D eigenvalue weighted by atomic mass is 10.0. The van der Waals surface area contributed by atoms with Gasteiger partial charge in [-0.25, -0.2) is 9.59 Å². The van der Waals surface area contributed by atoms with Crippen LogP contribution >= 0.6 is 11.6 Å². The minimum Gasteiger partial charge on any atom is -0.461 e. The molecule has 0 fully saturated rings. The molecule has 0 N–H and O–H groups in total. The number of likely N-dealkylation sites (N-methyl/N-ethyl adjacent to an activating group) is 1. The molecule has 0 saturated heterocycles. The highest BCUT2D eigenvalue weighted by atomic mass is 35.5. The number of hydrogen-bond acceptors (Lipinski definition) is 4. The van der Waals surface area contributed by atoms with Gasteiger partial charge in [0.15, 0.2) is 0 Å². The zero-order chi connectivity index (χ0) is 17.3. The number of nitrogens with zero attached hydrogens (tertiary/aromatic N) is 1. The Kier molecular flexibility index (Phi) is 10.2. The standard InChI is InChI=1S/C16H30ClNO4/c1-7-8-14(11(2)3)22-15(19)13(5)18(6)16(20)21-10-12(4)9-17/h11-14H,7-10H2,1-6H3. The molecule has 3 atom stereocenters. The summed E-state index contributed by atoms with van der Waals surface area (Å²) in [5, 5.41) is 0. The molecule has 0 aromatic heterocycles. The largest absolute Gasteiger partial charge is 0.461 e. The van der Waals surface area contributed by atoms with Gasteiger partial charge in [0, 0.05) is 18.8 Å². The van der Waals surface area contributed by atoms with Gasteiger partial charge in [0.05, 0.1) is 6.61 Å². The minimum absolute atomic E-state index is 0.0798. The number of carbonyl (C=O) groups excluding carboxylic acids is 2. The second-order valence-corrected chi connectivity index (χ2v) is 6.44. The molecular weight excluding hydrogens is 306 g/mol. The van der Waals surface area contributed by atoms with E-state index in [1.54, 1.807) is 6.92 Å². The maximum Gasteiger partial charge on any atom is 0.410 e. The molecule has 0 heterocycles. The van der Waals surface area contributed by atoms with E-state index < -0.39 is 18.1 Å². The summed E-state index contributed by atoms with van der Waals surface area (Å²) in [6.45, 7) is 9.84. The van der Waals surface area contributed by atoms with Crippen molar-refractivity contribution >= 4 is 23.7 Å². The molecule has 5 nitrogen and oxygen atoms in total. The summed E-state index contributed by atoms with van der Waals surface area (Å²) in [6, 6.07) is -0.683. The molecule has 0 rings (SSSR count). The molecule has 0 spiro atoms. The van der Waals surface area contributed by atoms with E-state index in [4.69, 9.17) is 21.1 Å². The van der Waals surface area contributed by atoms with Gasteiger partial charge in [-0.05, 0) is 19.3 Å². The topological polar surface area (TPSA) is 55.8 Å². The minimum atomic E-state index is -0.683. The molecule has 0 aliphatic heterocycles. The fraction of sp³-hybridized carbons (Fsp3) is 0.875. The number of esters is 1. The van der Waals surface area contributed by atoms with Crippen molar-refractivity contribution in [2.75, 3.05) is 19.5 Å². The Balaban J connectivity index is 4.49. The van der Waals surface area contributed by atoms with Crippen LogP contribution in [0.3, 0.4) is 0 Å². The zero-order valence-corrected chi connectivity index (χ0v) is 15.4. The van der Waals surface area contributed by atoms with Crippen molar-refractivity contribution in [2.45, 2.75) is 59.6 Å². The van der Waals surface area contributed by atoms with Crippen LogP contribution in [-0.2, 0) is 14.3 Å². The Hall–Kier alpha value is -0.970. The van der Waals surface area contributed by atoms with Crippen LogP contribution < -0.4 is 0 Å². The Bertz CT molecular complexity index is 349. The average Bonchev–Trinajstić information content (AvgIpc) is 2.49. The van der Waals surface area contributed by atoms with Gasteiger partial charge in [-0.2, -0.15) is 0 Å². The molecular formula is C16H30ClNO4. The molecule has 22 heavy (non-hydrogen) atoms. The van der Waals surface area contributed by atoms with Gasteiger partial charge >= 0.3 is 12.1 Å². The Morgan fingerprint density at radius 1 is 1.18 bits per heavy atom. The first kappa shape index (κ1) is 21.0. The van der Waals surface area contributed by atoms with Crippen LogP contribution in [0.25, 0.3) is 0 Å². The van der Waals surface area contributed by atoms with Crippen LogP contribution in [0, 0.1) is 11.8 Å². The van der Waals surface area contributed by atoms with Crippen LogP contribution in [0.15, 0.2) is 0 Å². The van der Waals surface area contributed by atoms with Crippen LogP contribution in [-0.4, -0.2) is 48.6 Å². The maximum absolute atomic E-state index is 12.2. The van der Waals surface area contributed by atoms with E-state index in [2.05, 4.69) is 0 Å². The Morgan fingerprint density at radius 2 is 1.77 bits per heavy atom. The van der Waals surface area contributed by atoms with E-state index in [9.17, 15) is 9.59 Å². The normalized spacial score (nSPS) is 15.1. The summed E-state index contributed by atoms with van der Waals surface area (Å²) in [4.78, 5) is 25.3. The second kappa shape index (κ2) is 10.7. The summed E-state index contributed by atoms with van der Waals surface area (Å²) in [5.41, 5.74) is 0. The van der Waals surface area contributed by atoms with Crippen molar-refractivity contribution < 1.29 is 19.1 Å². The summed E-state index contributed by atoms with van der Waals surface area (Å²) in [5.74, 6) is 0.341. The van der Waals surface area contributed by atoms with Gasteiger partial charge in [0.2, 0.25) is 0 Å². The van der Waals surface area contributed by atoms with E-state index in [0.717, 1.165) is 12.8 Å². The summed E-state index contributed by atoms with van der Waals surface area (Å²) in [6.07, 6.45) is 1.09. The third-order valence-electron chi connectivity index (χ3n) is 3.55. The van der Waals surface area contributed by atoms with E-state index >= 15 is 0 Å². The first-order valence-corrected chi connectivity index (χ1v) is 8.43. The van der Waals surface area contributed by atoms with Crippen LogP contribution in [0.1, 0.15) is 47.5 Å². The van der Waals surface area contributed by atoms with Crippen molar-refractivity contribution in [1.82, 2.24) is 4.90 Å². The SMILES string of the molecule is CCCC(OC(=O)C(C)N(C)C(=O)OCC(C)CCl)C(C)C. The predicted molar refractivity (Wildman–Crippen MR) is 88.1 cm³/mol. The zero-order valence-electron chi connectivity index (χ0n) is 14.6. The summed E-state index contributed by atoms with van der Waals surface area (Å²) in [7, 11) is 1.53. The van der Waals surface area contributed by atoms with Crippen molar-refractivity contribution in [1.29, 1.82) is 0 Å². The summed E-state index contributed by atoms with van der Waals surface area (Å²) < 4.78 is 10.6. The van der Waals surface area contributed by atoms with Gasteiger partial charge < -0.3 is 9.47 Å². The number of amides is 1. The number of carbonyl (C=O) groups is 2. The van der Waals surface area contributed by atoms with Crippen molar-refractivity contribution in [3.8, 4) is 0 Å². The number of ether oxygens (including phenoxy) is 2. The lowest BCUT2D eigenvalue weighted by Gasteiger charge is -2.27. The Morgan fingerprint density at radius 3 is 2.23 bits per heavy atom.